The normalized spacial score (nSPS) is 12.6. The van der Waals surface area contributed by atoms with E-state index in [4.69, 9.17) is 16.3 Å². The molecule has 0 aliphatic heterocycles. The van der Waals surface area contributed by atoms with Gasteiger partial charge in [0.05, 0.1) is 16.4 Å². The first-order valence-corrected chi connectivity index (χ1v) is 9.41. The summed E-state index contributed by atoms with van der Waals surface area (Å²) < 4.78 is 32.0. The van der Waals surface area contributed by atoms with Gasteiger partial charge in [-0.2, -0.15) is 0 Å². The minimum Gasteiger partial charge on any atom is -0.383 e. The number of methoxy groups -OCH3 is 1. The number of nitrogens with one attached hydrogen (secondary N) is 2. The van der Waals surface area contributed by atoms with Crippen LogP contribution in [0.2, 0.25) is 5.02 Å². The van der Waals surface area contributed by atoms with Crippen molar-refractivity contribution in [2.45, 2.75) is 17.9 Å². The van der Waals surface area contributed by atoms with Crippen LogP contribution in [0, 0.1) is 10.1 Å². The van der Waals surface area contributed by atoms with Crippen molar-refractivity contribution in [1.29, 1.82) is 0 Å². The second kappa shape index (κ2) is 8.45. The molecular formula is C16H18ClN3O5S. The number of nitrogens with zero attached hydrogens (tertiary/aromatic N) is 1. The number of ether oxygens (including phenoxy) is 1. The number of hydrogen-bond acceptors (Lipinski definition) is 6. The van der Waals surface area contributed by atoms with E-state index < -0.39 is 21.0 Å². The molecule has 0 unspecified atom stereocenters. The molecule has 8 nitrogen and oxygen atoms in total. The Morgan fingerprint density at radius 2 is 1.88 bits per heavy atom. The molecule has 0 bridgehead atoms. The summed E-state index contributed by atoms with van der Waals surface area (Å²) in [5.41, 5.74) is 0.392. The van der Waals surface area contributed by atoms with Crippen molar-refractivity contribution in [2.24, 2.45) is 0 Å². The molecule has 0 aliphatic rings. The quantitative estimate of drug-likeness (QED) is 0.520. The number of hydrogen-bond donors (Lipinski definition) is 2. The third-order valence-corrected chi connectivity index (χ3v) is 5.21. The molecule has 0 heterocycles. The van der Waals surface area contributed by atoms with Crippen molar-refractivity contribution in [2.75, 3.05) is 19.0 Å². The number of rotatable bonds is 8. The smallest absolute Gasteiger partial charge is 0.294 e. The molecule has 0 saturated heterocycles. The summed E-state index contributed by atoms with van der Waals surface area (Å²) in [5.74, 6) is 0. The molecule has 0 radical (unpaired) electrons. The van der Waals surface area contributed by atoms with Gasteiger partial charge in [0.1, 0.15) is 5.69 Å². The van der Waals surface area contributed by atoms with Gasteiger partial charge >= 0.3 is 0 Å². The van der Waals surface area contributed by atoms with Gasteiger partial charge in [-0.15, -0.1) is 0 Å². The standard InChI is InChI=1S/C16H18ClN3O5S/c1-11(10-25-2)19-26(23,24)14-7-8-15(16(9-14)20(21)22)18-13-5-3-12(17)4-6-13/h3-9,11,18-19H,10H2,1-2H3/t11-/m0/s1. The number of anilines is 2. The summed E-state index contributed by atoms with van der Waals surface area (Å²) >= 11 is 5.81. The molecule has 0 spiro atoms. The number of nitro groups is 1. The Morgan fingerprint density at radius 3 is 2.46 bits per heavy atom. The van der Waals surface area contributed by atoms with Gasteiger partial charge in [0, 0.05) is 29.9 Å². The first-order chi connectivity index (χ1) is 12.2. The van der Waals surface area contributed by atoms with E-state index in [1.54, 1.807) is 31.2 Å². The van der Waals surface area contributed by atoms with Crippen molar-refractivity contribution in [3.63, 3.8) is 0 Å². The molecule has 140 valence electrons. The van der Waals surface area contributed by atoms with Gasteiger partial charge in [-0.3, -0.25) is 10.1 Å². The van der Waals surface area contributed by atoms with E-state index in [2.05, 4.69) is 10.0 Å². The molecule has 0 aliphatic carbocycles. The first-order valence-electron chi connectivity index (χ1n) is 7.55. The molecule has 2 aromatic carbocycles. The summed E-state index contributed by atoms with van der Waals surface area (Å²) in [6.45, 7) is 1.81. The van der Waals surface area contributed by atoms with Crippen molar-refractivity contribution >= 4 is 38.7 Å². The van der Waals surface area contributed by atoms with E-state index in [9.17, 15) is 18.5 Å². The van der Waals surface area contributed by atoms with Crippen LogP contribution in [0.5, 0.6) is 0 Å². The molecule has 2 rings (SSSR count). The Balaban J connectivity index is 2.33. The Bertz CT molecular complexity index is 887. The highest BCUT2D eigenvalue weighted by molar-refractivity contribution is 7.89. The summed E-state index contributed by atoms with van der Waals surface area (Å²) in [6, 6.07) is 9.77. The van der Waals surface area contributed by atoms with Crippen molar-refractivity contribution in [3.8, 4) is 0 Å². The maximum atomic E-state index is 12.4. The predicted molar refractivity (Wildman–Crippen MR) is 99.5 cm³/mol. The van der Waals surface area contributed by atoms with E-state index in [1.165, 1.54) is 19.2 Å². The number of sulfonamides is 1. The SMILES string of the molecule is COC[C@H](C)NS(=O)(=O)c1ccc(Nc2ccc(Cl)cc2)c([N+](=O)[O-])c1. The lowest BCUT2D eigenvalue weighted by atomic mass is 10.2. The average molecular weight is 400 g/mol. The second-order valence-corrected chi connectivity index (χ2v) is 7.70. The molecule has 0 amide bonds. The lowest BCUT2D eigenvalue weighted by molar-refractivity contribution is -0.384. The van der Waals surface area contributed by atoms with Crippen LogP contribution >= 0.6 is 11.6 Å². The molecular weight excluding hydrogens is 382 g/mol. The predicted octanol–water partition coefficient (Wildman–Crippen LogP) is 3.31. The Kier molecular flexibility index (Phi) is 6.54. The number of benzene rings is 2. The molecule has 2 aromatic rings. The Hall–Kier alpha value is -2.20. The Morgan fingerprint density at radius 1 is 1.23 bits per heavy atom. The topological polar surface area (TPSA) is 111 Å². The zero-order valence-electron chi connectivity index (χ0n) is 14.1. The first kappa shape index (κ1) is 20.1. The molecule has 0 fully saturated rings. The van der Waals surface area contributed by atoms with Gasteiger partial charge in [0.2, 0.25) is 10.0 Å². The van der Waals surface area contributed by atoms with Gasteiger partial charge in [0.25, 0.3) is 5.69 Å². The number of halogens is 1. The van der Waals surface area contributed by atoms with Gasteiger partial charge in [-0.05, 0) is 43.3 Å². The van der Waals surface area contributed by atoms with E-state index >= 15 is 0 Å². The minimum absolute atomic E-state index is 0.168. The maximum absolute atomic E-state index is 12.4. The third kappa shape index (κ3) is 5.15. The van der Waals surface area contributed by atoms with Crippen molar-refractivity contribution in [3.05, 3.63) is 57.6 Å². The van der Waals surface area contributed by atoms with E-state index in [0.29, 0.717) is 10.7 Å². The third-order valence-electron chi connectivity index (χ3n) is 3.37. The molecule has 2 N–H and O–H groups in total. The monoisotopic (exact) mass is 399 g/mol. The molecule has 10 heteroatoms. The summed E-state index contributed by atoms with van der Waals surface area (Å²) in [7, 11) is -2.46. The van der Waals surface area contributed by atoms with E-state index in [-0.39, 0.29) is 22.9 Å². The highest BCUT2D eigenvalue weighted by Gasteiger charge is 2.23. The van der Waals surface area contributed by atoms with Crippen LogP contribution in [0.3, 0.4) is 0 Å². The van der Waals surface area contributed by atoms with Crippen molar-refractivity contribution in [1.82, 2.24) is 4.72 Å². The molecule has 1 atom stereocenters. The van der Waals surface area contributed by atoms with Crippen LogP contribution in [-0.4, -0.2) is 33.1 Å². The zero-order chi connectivity index (χ0) is 19.3. The van der Waals surface area contributed by atoms with Crippen molar-refractivity contribution < 1.29 is 18.1 Å². The Labute approximate surface area is 156 Å². The van der Waals surface area contributed by atoms with Gasteiger partial charge in [-0.1, -0.05) is 11.6 Å². The number of nitro benzene ring substituents is 1. The molecule has 26 heavy (non-hydrogen) atoms. The van der Waals surface area contributed by atoms with Crippen LogP contribution in [-0.2, 0) is 14.8 Å². The van der Waals surface area contributed by atoms with Crippen LogP contribution in [0.15, 0.2) is 47.4 Å². The minimum atomic E-state index is -3.91. The lowest BCUT2D eigenvalue weighted by Gasteiger charge is -2.14. The summed E-state index contributed by atoms with van der Waals surface area (Å²) in [6.07, 6.45) is 0. The largest absolute Gasteiger partial charge is 0.383 e. The fraction of sp³-hybridized carbons (Fsp3) is 0.250. The maximum Gasteiger partial charge on any atom is 0.294 e. The fourth-order valence-corrected chi connectivity index (χ4v) is 3.61. The van der Waals surface area contributed by atoms with Crippen LogP contribution in [0.25, 0.3) is 0 Å². The fourth-order valence-electron chi connectivity index (χ4n) is 2.24. The highest BCUT2D eigenvalue weighted by atomic mass is 35.5. The zero-order valence-corrected chi connectivity index (χ0v) is 15.7. The van der Waals surface area contributed by atoms with Gasteiger partial charge in [0.15, 0.2) is 0 Å². The van der Waals surface area contributed by atoms with Crippen LogP contribution in [0.4, 0.5) is 17.1 Å². The molecule has 0 saturated carbocycles. The van der Waals surface area contributed by atoms with E-state index in [0.717, 1.165) is 6.07 Å². The van der Waals surface area contributed by atoms with Gasteiger partial charge < -0.3 is 10.1 Å². The van der Waals surface area contributed by atoms with E-state index in [1.807, 2.05) is 0 Å². The highest BCUT2D eigenvalue weighted by Crippen LogP contribution is 2.30. The second-order valence-electron chi connectivity index (χ2n) is 5.55. The average Bonchev–Trinajstić information content (AvgIpc) is 2.56. The van der Waals surface area contributed by atoms with Crippen LogP contribution in [0.1, 0.15) is 6.92 Å². The summed E-state index contributed by atoms with van der Waals surface area (Å²) in [5, 5.41) is 14.8. The lowest BCUT2D eigenvalue weighted by Crippen LogP contribution is -2.35. The van der Waals surface area contributed by atoms with Gasteiger partial charge in [-0.25, -0.2) is 13.1 Å². The summed E-state index contributed by atoms with van der Waals surface area (Å²) in [4.78, 5) is 10.5. The molecule has 0 aromatic heterocycles. The van der Waals surface area contributed by atoms with Crippen LogP contribution < -0.4 is 10.0 Å².